The second kappa shape index (κ2) is 12.5. The Morgan fingerprint density at radius 2 is 2.16 bits per heavy atom. The second-order valence-corrected chi connectivity index (χ2v) is 6.74. The lowest BCUT2D eigenvalue weighted by molar-refractivity contribution is 0.181. The number of nitrogens with two attached hydrogens (primary N) is 1. The van der Waals surface area contributed by atoms with Gasteiger partial charge >= 0.3 is 0 Å². The summed E-state index contributed by atoms with van der Waals surface area (Å²) in [6, 6.07) is 8.00. The van der Waals surface area contributed by atoms with Crippen LogP contribution in [0.15, 0.2) is 29.3 Å². The Balaban J connectivity index is 0.00000312. The number of ether oxygens (including phenoxy) is 1. The molecule has 1 aliphatic rings. The molecule has 2 rings (SSSR count). The van der Waals surface area contributed by atoms with Crippen molar-refractivity contribution in [2.24, 2.45) is 16.6 Å². The highest BCUT2D eigenvalue weighted by molar-refractivity contribution is 14.0. The molecule has 3 N–H and O–H groups in total. The first kappa shape index (κ1) is 22.2. The van der Waals surface area contributed by atoms with Gasteiger partial charge in [-0.2, -0.15) is 0 Å². The molecule has 0 aromatic heterocycles. The molecule has 1 saturated heterocycles. The zero-order chi connectivity index (χ0) is 17.2. The highest BCUT2D eigenvalue weighted by Crippen LogP contribution is 2.16. The first-order chi connectivity index (χ1) is 11.7. The molecule has 5 nitrogen and oxygen atoms in total. The van der Waals surface area contributed by atoms with E-state index in [-0.39, 0.29) is 24.0 Å². The normalized spacial score (nSPS) is 18.6. The number of hydrogen-bond donors (Lipinski definition) is 2. The standard InChI is InChI=1S/C19H32N4O.HI/c1-16-8-7-13-23(14-16)12-6-5-11-21-19(20)22-18-10-4-3-9-17(18)15-24-2;/h3-4,9-10,16H,5-8,11-15H2,1-2H3,(H3,20,21,22);1H. The lowest BCUT2D eigenvalue weighted by Gasteiger charge is -2.30. The van der Waals surface area contributed by atoms with E-state index in [1.807, 2.05) is 24.3 Å². The van der Waals surface area contributed by atoms with Crippen LogP contribution in [0.4, 0.5) is 5.69 Å². The van der Waals surface area contributed by atoms with Gasteiger partial charge < -0.3 is 20.7 Å². The number of halogens is 1. The van der Waals surface area contributed by atoms with E-state index in [2.05, 4.69) is 22.1 Å². The van der Waals surface area contributed by atoms with E-state index in [1.165, 1.54) is 38.9 Å². The highest BCUT2D eigenvalue weighted by atomic mass is 127. The third-order valence-corrected chi connectivity index (χ3v) is 4.49. The van der Waals surface area contributed by atoms with Crippen molar-refractivity contribution in [2.45, 2.75) is 39.2 Å². The molecule has 0 aliphatic carbocycles. The van der Waals surface area contributed by atoms with E-state index in [0.29, 0.717) is 12.6 Å². The molecule has 1 heterocycles. The number of rotatable bonds is 8. The summed E-state index contributed by atoms with van der Waals surface area (Å²) in [7, 11) is 1.69. The number of aliphatic imine (C=N–C) groups is 1. The number of benzene rings is 1. The smallest absolute Gasteiger partial charge is 0.193 e. The van der Waals surface area contributed by atoms with Crippen molar-refractivity contribution in [1.29, 1.82) is 0 Å². The van der Waals surface area contributed by atoms with Crippen LogP contribution < -0.4 is 11.1 Å². The number of guanidine groups is 1. The summed E-state index contributed by atoms with van der Waals surface area (Å²) in [6.07, 6.45) is 4.99. The van der Waals surface area contributed by atoms with Crippen molar-refractivity contribution >= 4 is 35.6 Å². The van der Waals surface area contributed by atoms with Crippen LogP contribution in [-0.2, 0) is 11.3 Å². The number of hydrogen-bond acceptors (Lipinski definition) is 3. The molecule has 1 fully saturated rings. The molecule has 142 valence electrons. The number of unbranched alkanes of at least 4 members (excludes halogenated alkanes) is 1. The van der Waals surface area contributed by atoms with Gasteiger partial charge in [0.2, 0.25) is 0 Å². The SMILES string of the molecule is COCc1ccccc1NC(N)=NCCCCN1CCCC(C)C1.I. The lowest BCUT2D eigenvalue weighted by atomic mass is 10.0. The highest BCUT2D eigenvalue weighted by Gasteiger charge is 2.15. The van der Waals surface area contributed by atoms with E-state index in [9.17, 15) is 0 Å². The van der Waals surface area contributed by atoms with Gasteiger partial charge in [0.15, 0.2) is 5.96 Å². The van der Waals surface area contributed by atoms with Gasteiger partial charge in [-0.1, -0.05) is 25.1 Å². The Bertz CT molecular complexity index is 524. The minimum absolute atomic E-state index is 0. The average molecular weight is 460 g/mol. The van der Waals surface area contributed by atoms with Gasteiger partial charge in [-0.15, -0.1) is 24.0 Å². The van der Waals surface area contributed by atoms with Crippen LogP contribution >= 0.6 is 24.0 Å². The van der Waals surface area contributed by atoms with Crippen molar-refractivity contribution < 1.29 is 4.74 Å². The predicted molar refractivity (Wildman–Crippen MR) is 117 cm³/mol. The van der Waals surface area contributed by atoms with Crippen LogP contribution in [0.1, 0.15) is 38.2 Å². The molecule has 1 atom stereocenters. The lowest BCUT2D eigenvalue weighted by Crippen LogP contribution is -2.35. The molecule has 0 saturated carbocycles. The summed E-state index contributed by atoms with van der Waals surface area (Å²) < 4.78 is 5.20. The van der Waals surface area contributed by atoms with Gasteiger partial charge in [0.05, 0.1) is 6.61 Å². The number of anilines is 1. The van der Waals surface area contributed by atoms with E-state index in [1.54, 1.807) is 7.11 Å². The van der Waals surface area contributed by atoms with Crippen LogP contribution in [-0.4, -0.2) is 44.1 Å². The van der Waals surface area contributed by atoms with E-state index < -0.39 is 0 Å². The minimum atomic E-state index is 0. The molecule has 6 heteroatoms. The van der Waals surface area contributed by atoms with Crippen molar-refractivity contribution in [3.05, 3.63) is 29.8 Å². The summed E-state index contributed by atoms with van der Waals surface area (Å²) in [5, 5.41) is 3.18. The Hall–Kier alpha value is -0.860. The number of piperidine rings is 1. The molecule has 0 bridgehead atoms. The maximum absolute atomic E-state index is 6.00. The minimum Gasteiger partial charge on any atom is -0.380 e. The Kier molecular flexibility index (Phi) is 11.1. The van der Waals surface area contributed by atoms with Crippen molar-refractivity contribution in [3.63, 3.8) is 0 Å². The second-order valence-electron chi connectivity index (χ2n) is 6.74. The van der Waals surface area contributed by atoms with E-state index >= 15 is 0 Å². The van der Waals surface area contributed by atoms with Gasteiger partial charge in [0, 0.05) is 31.5 Å². The fourth-order valence-electron chi connectivity index (χ4n) is 3.24. The number of nitrogens with one attached hydrogen (secondary N) is 1. The molecular formula is C19H33IN4O. The van der Waals surface area contributed by atoms with Gasteiger partial charge in [-0.25, -0.2) is 0 Å². The van der Waals surface area contributed by atoms with Crippen LogP contribution in [0.3, 0.4) is 0 Å². The summed E-state index contributed by atoms with van der Waals surface area (Å²) in [5.41, 5.74) is 8.04. The molecule has 0 amide bonds. The first-order valence-electron chi connectivity index (χ1n) is 9.05. The van der Waals surface area contributed by atoms with Crippen molar-refractivity contribution in [3.8, 4) is 0 Å². The zero-order valence-electron chi connectivity index (χ0n) is 15.5. The summed E-state index contributed by atoms with van der Waals surface area (Å²) >= 11 is 0. The van der Waals surface area contributed by atoms with Gasteiger partial charge in [-0.3, -0.25) is 4.99 Å². The van der Waals surface area contributed by atoms with Crippen molar-refractivity contribution in [1.82, 2.24) is 4.90 Å². The Morgan fingerprint density at radius 3 is 2.92 bits per heavy atom. The summed E-state index contributed by atoms with van der Waals surface area (Å²) in [5.74, 6) is 1.33. The Morgan fingerprint density at radius 1 is 1.36 bits per heavy atom. The number of likely N-dealkylation sites (tertiary alicyclic amines) is 1. The third-order valence-electron chi connectivity index (χ3n) is 4.49. The molecule has 1 aliphatic heterocycles. The molecule has 0 radical (unpaired) electrons. The molecule has 25 heavy (non-hydrogen) atoms. The summed E-state index contributed by atoms with van der Waals surface area (Å²) in [6.45, 7) is 7.38. The zero-order valence-corrected chi connectivity index (χ0v) is 17.9. The van der Waals surface area contributed by atoms with Crippen LogP contribution in [0.25, 0.3) is 0 Å². The predicted octanol–water partition coefficient (Wildman–Crippen LogP) is 3.69. The van der Waals surface area contributed by atoms with Gasteiger partial charge in [-0.05, 0) is 50.8 Å². The van der Waals surface area contributed by atoms with Crippen LogP contribution in [0, 0.1) is 5.92 Å². The Labute approximate surface area is 169 Å². The van der Waals surface area contributed by atoms with E-state index in [4.69, 9.17) is 10.5 Å². The van der Waals surface area contributed by atoms with Gasteiger partial charge in [0.1, 0.15) is 0 Å². The fourth-order valence-corrected chi connectivity index (χ4v) is 3.24. The largest absolute Gasteiger partial charge is 0.380 e. The molecule has 1 unspecified atom stereocenters. The van der Waals surface area contributed by atoms with Crippen LogP contribution in [0.5, 0.6) is 0 Å². The third kappa shape index (κ3) is 8.37. The van der Waals surface area contributed by atoms with Gasteiger partial charge in [0.25, 0.3) is 0 Å². The quantitative estimate of drug-likeness (QED) is 0.269. The maximum Gasteiger partial charge on any atom is 0.193 e. The number of para-hydroxylation sites is 1. The molecule has 1 aromatic carbocycles. The first-order valence-corrected chi connectivity index (χ1v) is 9.05. The topological polar surface area (TPSA) is 62.9 Å². The maximum atomic E-state index is 6.00. The van der Waals surface area contributed by atoms with E-state index in [0.717, 1.165) is 30.1 Å². The molecule has 1 aromatic rings. The summed E-state index contributed by atoms with van der Waals surface area (Å²) in [4.78, 5) is 7.03. The molecular weight excluding hydrogens is 427 g/mol. The monoisotopic (exact) mass is 460 g/mol. The van der Waals surface area contributed by atoms with Crippen LogP contribution in [0.2, 0.25) is 0 Å². The average Bonchev–Trinajstić information content (AvgIpc) is 2.57. The number of nitrogens with zero attached hydrogens (tertiary/aromatic N) is 2. The fraction of sp³-hybridized carbons (Fsp3) is 0.632. The van der Waals surface area contributed by atoms with Crippen molar-refractivity contribution in [2.75, 3.05) is 38.6 Å². The number of methoxy groups -OCH3 is 1. The molecule has 0 spiro atoms.